The average Bonchev–Trinajstić information content (AvgIpc) is 3.21. The molecule has 1 fully saturated rings. The van der Waals surface area contributed by atoms with Crippen LogP contribution in [0.25, 0.3) is 0 Å². The maximum absolute atomic E-state index is 13.8. The smallest absolute Gasteiger partial charge is 0.430 e. The number of alkyl halides is 6. The number of imide groups is 1. The van der Waals surface area contributed by atoms with Gasteiger partial charge in [-0.05, 0) is 66.1 Å². The van der Waals surface area contributed by atoms with E-state index >= 15 is 0 Å². The number of benzene rings is 2. The van der Waals surface area contributed by atoms with Gasteiger partial charge < -0.3 is 15.2 Å². The van der Waals surface area contributed by atoms with Crippen LogP contribution < -0.4 is 10.1 Å². The molecule has 1 saturated heterocycles. The largest absolute Gasteiger partial charge is 0.457 e. The molecule has 1 aliphatic rings. The van der Waals surface area contributed by atoms with Gasteiger partial charge in [-0.25, -0.2) is 4.79 Å². The summed E-state index contributed by atoms with van der Waals surface area (Å²) >= 11 is 0. The number of halogens is 6. The number of hydrogen-bond donors (Lipinski definition) is 2. The number of aryl methyl sites for hydroxylation is 2. The topological polar surface area (TPSA) is 91.8 Å². The van der Waals surface area contributed by atoms with Gasteiger partial charge in [-0.2, -0.15) is 26.3 Å². The zero-order valence-electron chi connectivity index (χ0n) is 26.6. The number of aromatic nitrogens is 1. The van der Waals surface area contributed by atoms with Crippen LogP contribution in [0.3, 0.4) is 0 Å². The number of urea groups is 1. The van der Waals surface area contributed by atoms with Crippen LogP contribution in [-0.2, 0) is 35.3 Å². The van der Waals surface area contributed by atoms with Crippen molar-refractivity contribution < 1.29 is 45.8 Å². The van der Waals surface area contributed by atoms with Crippen LogP contribution in [0.5, 0.6) is 11.5 Å². The fourth-order valence-corrected chi connectivity index (χ4v) is 5.62. The molecular formula is C34H37F6N3O4. The molecule has 1 atom stereocenters. The van der Waals surface area contributed by atoms with Gasteiger partial charge in [0.1, 0.15) is 17.0 Å². The summed E-state index contributed by atoms with van der Waals surface area (Å²) in [5.74, 6) is -0.0206. The van der Waals surface area contributed by atoms with Crippen molar-refractivity contribution in [3.63, 3.8) is 0 Å². The van der Waals surface area contributed by atoms with Crippen LogP contribution in [0.1, 0.15) is 86.9 Å². The van der Waals surface area contributed by atoms with E-state index in [1.165, 1.54) is 18.3 Å². The number of amides is 3. The first-order valence-electron chi connectivity index (χ1n) is 15.3. The van der Waals surface area contributed by atoms with Crippen molar-refractivity contribution in [2.75, 3.05) is 0 Å². The second kappa shape index (κ2) is 13.2. The Hall–Kier alpha value is -4.13. The van der Waals surface area contributed by atoms with E-state index in [0.29, 0.717) is 30.5 Å². The predicted molar refractivity (Wildman–Crippen MR) is 162 cm³/mol. The fraction of sp³-hybridized carbons (Fsp3) is 0.441. The van der Waals surface area contributed by atoms with Gasteiger partial charge in [0, 0.05) is 17.8 Å². The molecule has 0 aliphatic carbocycles. The predicted octanol–water partition coefficient (Wildman–Crippen LogP) is 8.18. The van der Waals surface area contributed by atoms with Gasteiger partial charge in [0.15, 0.2) is 0 Å². The first-order valence-corrected chi connectivity index (χ1v) is 15.3. The molecule has 0 saturated carbocycles. The molecule has 0 radical (unpaired) electrons. The number of aliphatic hydroxyl groups is 1. The quantitative estimate of drug-likeness (QED) is 0.159. The highest BCUT2D eigenvalue weighted by Gasteiger charge is 2.71. The second-order valence-electron chi connectivity index (χ2n) is 12.1. The van der Waals surface area contributed by atoms with Crippen LogP contribution >= 0.6 is 0 Å². The summed E-state index contributed by atoms with van der Waals surface area (Å²) < 4.78 is 88.7. The minimum atomic E-state index is -6.03. The van der Waals surface area contributed by atoms with E-state index in [1.54, 1.807) is 32.9 Å². The van der Waals surface area contributed by atoms with Crippen molar-refractivity contribution in [2.45, 2.75) is 96.3 Å². The first kappa shape index (κ1) is 35.7. The number of carbonyl (C=O) groups is 2. The van der Waals surface area contributed by atoms with Gasteiger partial charge in [-0.3, -0.25) is 14.7 Å². The minimum absolute atomic E-state index is 0.0482. The van der Waals surface area contributed by atoms with Gasteiger partial charge in [-0.15, -0.1) is 0 Å². The summed E-state index contributed by atoms with van der Waals surface area (Å²) in [5.41, 5.74) is -5.72. The molecule has 4 rings (SSSR count). The van der Waals surface area contributed by atoms with Crippen LogP contribution in [0.4, 0.5) is 31.1 Å². The molecule has 0 spiro atoms. The third kappa shape index (κ3) is 6.81. The molecule has 3 amide bonds. The summed E-state index contributed by atoms with van der Waals surface area (Å²) in [7, 11) is 0. The van der Waals surface area contributed by atoms with E-state index in [4.69, 9.17) is 4.74 Å². The van der Waals surface area contributed by atoms with Crippen LogP contribution in [-0.4, -0.2) is 39.3 Å². The van der Waals surface area contributed by atoms with Crippen molar-refractivity contribution in [3.8, 4) is 11.5 Å². The molecule has 254 valence electrons. The Labute approximate surface area is 268 Å². The third-order valence-corrected chi connectivity index (χ3v) is 8.28. The summed E-state index contributed by atoms with van der Waals surface area (Å²) in [6.45, 7) is 8.86. The number of carbonyl (C=O) groups excluding carboxylic acids is 2. The zero-order valence-corrected chi connectivity index (χ0v) is 26.6. The van der Waals surface area contributed by atoms with Gasteiger partial charge >= 0.3 is 18.4 Å². The molecular weight excluding hydrogens is 628 g/mol. The summed E-state index contributed by atoms with van der Waals surface area (Å²) in [6.07, 6.45) is -9.89. The molecule has 7 nitrogen and oxygen atoms in total. The van der Waals surface area contributed by atoms with Crippen LogP contribution in [0.15, 0.2) is 54.7 Å². The molecule has 1 aromatic heterocycles. The number of nitrogens with zero attached hydrogens (tertiary/aromatic N) is 2. The van der Waals surface area contributed by atoms with E-state index in [0.717, 1.165) is 10.5 Å². The Bertz CT molecular complexity index is 1580. The van der Waals surface area contributed by atoms with Crippen molar-refractivity contribution >= 4 is 11.9 Å². The lowest BCUT2D eigenvalue weighted by Gasteiger charge is -2.33. The molecule has 2 N–H and O–H groups in total. The average molecular weight is 666 g/mol. The molecule has 0 bridgehead atoms. The third-order valence-electron chi connectivity index (χ3n) is 8.28. The maximum Gasteiger partial charge on any atom is 0.430 e. The lowest BCUT2D eigenvalue weighted by molar-refractivity contribution is -0.376. The van der Waals surface area contributed by atoms with E-state index in [1.807, 2.05) is 26.0 Å². The normalized spacial score (nSPS) is 17.4. The first-order chi connectivity index (χ1) is 21.9. The van der Waals surface area contributed by atoms with Crippen LogP contribution in [0.2, 0.25) is 0 Å². The summed E-state index contributed by atoms with van der Waals surface area (Å²) in [4.78, 5) is 31.8. The van der Waals surface area contributed by atoms with E-state index in [2.05, 4.69) is 10.3 Å². The van der Waals surface area contributed by atoms with Crippen molar-refractivity contribution in [1.82, 2.24) is 15.2 Å². The number of rotatable bonds is 11. The highest BCUT2D eigenvalue weighted by Crippen LogP contribution is 2.51. The molecule has 1 unspecified atom stereocenters. The minimum Gasteiger partial charge on any atom is -0.457 e. The van der Waals surface area contributed by atoms with Gasteiger partial charge in [0.05, 0.1) is 12.2 Å². The Kier molecular flexibility index (Phi) is 10.0. The number of ether oxygens (including phenoxy) is 1. The van der Waals surface area contributed by atoms with Crippen molar-refractivity contribution in [1.29, 1.82) is 0 Å². The lowest BCUT2D eigenvalue weighted by Crippen LogP contribution is -2.54. The molecule has 1 aliphatic heterocycles. The number of pyridine rings is 1. The Morgan fingerprint density at radius 1 is 0.915 bits per heavy atom. The number of nitrogens with one attached hydrogen (secondary N) is 1. The Balaban J connectivity index is 1.67. The van der Waals surface area contributed by atoms with Crippen molar-refractivity contribution in [3.05, 3.63) is 88.2 Å². The van der Waals surface area contributed by atoms with E-state index in [-0.39, 0.29) is 53.6 Å². The maximum atomic E-state index is 13.8. The summed E-state index contributed by atoms with van der Waals surface area (Å²) in [6, 6.07) is 11.0. The van der Waals surface area contributed by atoms with E-state index in [9.17, 15) is 41.0 Å². The fourth-order valence-electron chi connectivity index (χ4n) is 5.62. The van der Waals surface area contributed by atoms with Crippen molar-refractivity contribution in [2.24, 2.45) is 0 Å². The molecule has 2 aromatic carbocycles. The molecule has 13 heteroatoms. The monoisotopic (exact) mass is 665 g/mol. The molecule has 47 heavy (non-hydrogen) atoms. The second-order valence-corrected chi connectivity index (χ2v) is 12.1. The number of hydrogen-bond acceptors (Lipinski definition) is 5. The van der Waals surface area contributed by atoms with Crippen LogP contribution in [0, 0.1) is 0 Å². The lowest BCUT2D eigenvalue weighted by atomic mass is 9.87. The molecule has 3 aromatic rings. The highest BCUT2D eigenvalue weighted by molar-refractivity contribution is 6.07. The summed E-state index contributed by atoms with van der Waals surface area (Å²) in [5, 5.41) is 12.9. The zero-order chi connectivity index (χ0) is 34.9. The Morgan fingerprint density at radius 3 is 1.96 bits per heavy atom. The molecule has 2 heterocycles. The van der Waals surface area contributed by atoms with Gasteiger partial charge in [0.2, 0.25) is 0 Å². The highest BCUT2D eigenvalue weighted by atomic mass is 19.4. The van der Waals surface area contributed by atoms with E-state index < -0.39 is 41.0 Å². The Morgan fingerprint density at radius 2 is 1.47 bits per heavy atom. The van der Waals surface area contributed by atoms with Gasteiger partial charge in [-0.1, -0.05) is 64.8 Å². The SMILES string of the molecule is CCCc1cc(C(O)(C(F)(F)F)C(F)(F)F)cc(CCC)c1Oc1ccnc(CN2C(=O)NC(C)(c3ccc(C(C)C)cc3)C2=O)c1. The van der Waals surface area contributed by atoms with Gasteiger partial charge in [0.25, 0.3) is 11.5 Å². The standard InChI is InChI=1S/C34H37F6N3O4/c1-6-8-22-16-25(32(46,33(35,36)37)34(38,39)40)17-23(9-7-2)28(22)47-27-14-15-41-26(18-27)19-43-29(44)31(5,42-30(43)45)24-12-10-21(11-13-24)20(3)4/h10-18,20,46H,6-9,19H2,1-5H3,(H,42,45).